The molecule has 0 unspecified atom stereocenters. The fourth-order valence-electron chi connectivity index (χ4n) is 9.36. The molecule has 3 fully saturated rings. The molecule has 0 aromatic heterocycles. The number of aromatic hydroxyl groups is 2. The van der Waals surface area contributed by atoms with Crippen molar-refractivity contribution >= 4 is 17.5 Å². The molecule has 1 spiro atoms. The molecule has 9 nitrogen and oxygen atoms in total. The van der Waals surface area contributed by atoms with Gasteiger partial charge in [-0.15, -0.1) is 0 Å². The van der Waals surface area contributed by atoms with Crippen LogP contribution in [0.1, 0.15) is 122 Å². The summed E-state index contributed by atoms with van der Waals surface area (Å²) in [5, 5.41) is 23.8. The lowest BCUT2D eigenvalue weighted by Crippen LogP contribution is -2.72. The number of nitrogens with zero attached hydrogens (tertiary/aromatic N) is 1. The van der Waals surface area contributed by atoms with E-state index < -0.39 is 40.4 Å². The number of rotatable bonds is 13. The maximum absolute atomic E-state index is 14.9. The maximum Gasteiger partial charge on any atom is 0.333 e. The standard InChI is InChI=1S/C45H59NO8/c1-27(2)13-12-14-29(5)16-18-32-37(47)33(17-15-28(3)4)40-36(38(32)48)39(49)34-25-31-26-35-43(7,8)54-44(41(31)50,45(34,35)53-40)20-19-30(6)42(51)52-24-23-46-21-10-9-11-22-46/h13,15-16,19,25,31,35,47-48H,9-12,14,17-18,20-24,26H2,1-8H3/b29-16+,30-19-/t31-,35-,44+,45-/m0/s1. The van der Waals surface area contributed by atoms with Crippen molar-refractivity contribution in [1.29, 1.82) is 0 Å². The lowest BCUT2D eigenvalue weighted by molar-refractivity contribution is -0.171. The summed E-state index contributed by atoms with van der Waals surface area (Å²) in [7, 11) is 0. The van der Waals surface area contributed by atoms with Crippen molar-refractivity contribution in [2.24, 2.45) is 11.8 Å². The fraction of sp³-hybridized carbons (Fsp3) is 0.578. The zero-order valence-corrected chi connectivity index (χ0v) is 33.5. The number of carbonyl (C=O) groups excluding carboxylic acids is 3. The van der Waals surface area contributed by atoms with Gasteiger partial charge in [-0.3, -0.25) is 14.5 Å². The second-order valence-electron chi connectivity index (χ2n) is 17.1. The zero-order valence-electron chi connectivity index (χ0n) is 33.5. The molecule has 4 bridgehead atoms. The first kappa shape index (κ1) is 39.7. The monoisotopic (exact) mass is 741 g/mol. The molecule has 0 amide bonds. The highest BCUT2D eigenvalue weighted by molar-refractivity contribution is 6.18. The first-order valence-corrected chi connectivity index (χ1v) is 19.8. The SMILES string of the molecule is CC(C)=CCC/C(C)=C/Cc1c(O)c(CC=C(C)C)c2c(c1O)C(=O)C1=C[C@H]3C[C@H]4C(C)(C)O[C@](C/C=C(/C)C(=O)OCCN5CCCCC5)(C3=O)[C@]14O2. The minimum atomic E-state index is -1.63. The molecule has 9 heteroatoms. The van der Waals surface area contributed by atoms with Gasteiger partial charge in [0.2, 0.25) is 0 Å². The summed E-state index contributed by atoms with van der Waals surface area (Å²) in [6.45, 7) is 18.5. The number of ether oxygens (including phenoxy) is 3. The van der Waals surface area contributed by atoms with E-state index in [1.54, 1.807) is 19.1 Å². The van der Waals surface area contributed by atoms with E-state index >= 15 is 0 Å². The first-order valence-electron chi connectivity index (χ1n) is 19.8. The quantitative estimate of drug-likeness (QED) is 0.117. The Bertz CT molecular complexity index is 1860. The molecule has 54 heavy (non-hydrogen) atoms. The number of hydrogen-bond acceptors (Lipinski definition) is 9. The molecule has 1 aromatic rings. The molecule has 6 aliphatic rings. The van der Waals surface area contributed by atoms with Crippen molar-refractivity contribution in [3.8, 4) is 17.2 Å². The third kappa shape index (κ3) is 6.91. The Morgan fingerprint density at radius 2 is 1.61 bits per heavy atom. The first-order chi connectivity index (χ1) is 25.5. The van der Waals surface area contributed by atoms with Gasteiger partial charge in [-0.1, -0.05) is 53.5 Å². The number of phenols is 2. The van der Waals surface area contributed by atoms with Crippen molar-refractivity contribution in [3.05, 3.63) is 74.9 Å². The third-order valence-corrected chi connectivity index (χ3v) is 12.3. The van der Waals surface area contributed by atoms with Crippen LogP contribution in [0.5, 0.6) is 17.2 Å². The Morgan fingerprint density at radius 1 is 0.926 bits per heavy atom. The highest BCUT2D eigenvalue weighted by Gasteiger charge is 2.81. The molecule has 2 N–H and O–H groups in total. The number of esters is 1. The van der Waals surface area contributed by atoms with Gasteiger partial charge in [0.05, 0.1) is 5.60 Å². The molecule has 4 atom stereocenters. The molecule has 1 saturated carbocycles. The topological polar surface area (TPSA) is 123 Å². The average molecular weight is 742 g/mol. The summed E-state index contributed by atoms with van der Waals surface area (Å²) in [6.07, 6.45) is 15.7. The average Bonchev–Trinajstić information content (AvgIpc) is 3.27. The second kappa shape index (κ2) is 15.3. The van der Waals surface area contributed by atoms with Crippen molar-refractivity contribution in [1.82, 2.24) is 4.90 Å². The number of phenolic OH excluding ortho intramolecular Hbond substituents is 2. The maximum atomic E-state index is 14.9. The number of likely N-dealkylation sites (tertiary alicyclic amines) is 1. The van der Waals surface area contributed by atoms with Crippen LogP contribution in [0.25, 0.3) is 0 Å². The molecule has 3 heterocycles. The second-order valence-corrected chi connectivity index (χ2v) is 17.1. The number of fused-ring (bicyclic) bond motifs is 1. The lowest BCUT2D eigenvalue weighted by Gasteiger charge is -2.56. The van der Waals surface area contributed by atoms with Crippen molar-refractivity contribution < 1.29 is 38.8 Å². The van der Waals surface area contributed by atoms with E-state index in [0.29, 0.717) is 29.7 Å². The van der Waals surface area contributed by atoms with Gasteiger partial charge in [0.15, 0.2) is 22.8 Å². The van der Waals surface area contributed by atoms with Gasteiger partial charge in [0, 0.05) is 47.1 Å². The van der Waals surface area contributed by atoms with Crippen LogP contribution in [0.4, 0.5) is 0 Å². The Morgan fingerprint density at radius 3 is 2.30 bits per heavy atom. The van der Waals surface area contributed by atoms with Crippen LogP contribution in [-0.4, -0.2) is 75.7 Å². The van der Waals surface area contributed by atoms with E-state index in [1.807, 2.05) is 46.8 Å². The smallest absolute Gasteiger partial charge is 0.333 e. The van der Waals surface area contributed by atoms with E-state index in [0.717, 1.165) is 49.9 Å². The van der Waals surface area contributed by atoms with E-state index in [1.165, 1.54) is 12.0 Å². The van der Waals surface area contributed by atoms with Gasteiger partial charge < -0.3 is 24.4 Å². The minimum absolute atomic E-state index is 0.00351. The van der Waals surface area contributed by atoms with Crippen LogP contribution in [0.3, 0.4) is 0 Å². The lowest BCUT2D eigenvalue weighted by atomic mass is 9.51. The zero-order chi connectivity index (χ0) is 39.2. The third-order valence-electron chi connectivity index (χ3n) is 12.3. The summed E-state index contributed by atoms with van der Waals surface area (Å²) >= 11 is 0. The summed E-state index contributed by atoms with van der Waals surface area (Å²) in [5.74, 6) is -2.44. The number of allylic oxidation sites excluding steroid dienone is 7. The number of piperidine rings is 1. The number of Topliss-reactive ketones (excluding diaryl/α,β-unsaturated/α-hetero) is 2. The number of benzene rings is 1. The van der Waals surface area contributed by atoms with E-state index in [4.69, 9.17) is 14.2 Å². The molecular weight excluding hydrogens is 682 g/mol. The Kier molecular flexibility index (Phi) is 11.3. The van der Waals surface area contributed by atoms with Crippen LogP contribution in [0.2, 0.25) is 0 Å². The molecule has 7 rings (SSSR count). The van der Waals surface area contributed by atoms with Gasteiger partial charge >= 0.3 is 5.97 Å². The van der Waals surface area contributed by atoms with Crippen LogP contribution < -0.4 is 4.74 Å². The Hall–Kier alpha value is -3.95. The van der Waals surface area contributed by atoms with E-state index in [-0.39, 0.29) is 60.0 Å². The fourth-order valence-corrected chi connectivity index (χ4v) is 9.36. The van der Waals surface area contributed by atoms with E-state index in [9.17, 15) is 24.6 Å². The van der Waals surface area contributed by atoms with Gasteiger partial charge in [-0.2, -0.15) is 0 Å². The van der Waals surface area contributed by atoms with Crippen LogP contribution in [-0.2, 0) is 31.9 Å². The predicted molar refractivity (Wildman–Crippen MR) is 209 cm³/mol. The van der Waals surface area contributed by atoms with Gasteiger partial charge in [0.1, 0.15) is 29.4 Å². The van der Waals surface area contributed by atoms with Crippen LogP contribution >= 0.6 is 0 Å². The highest BCUT2D eigenvalue weighted by atomic mass is 16.6. The van der Waals surface area contributed by atoms with Gasteiger partial charge in [-0.25, -0.2) is 4.79 Å². The molecule has 1 aromatic carbocycles. The molecule has 2 saturated heterocycles. The van der Waals surface area contributed by atoms with Crippen molar-refractivity contribution in [2.45, 2.75) is 130 Å². The largest absolute Gasteiger partial charge is 0.507 e. The van der Waals surface area contributed by atoms with Crippen molar-refractivity contribution in [2.75, 3.05) is 26.2 Å². The summed E-state index contributed by atoms with van der Waals surface area (Å²) in [5.41, 5.74) is 0.614. The Labute approximate surface area is 320 Å². The van der Waals surface area contributed by atoms with Gasteiger partial charge in [-0.05, 0) is 113 Å². The van der Waals surface area contributed by atoms with E-state index in [2.05, 4.69) is 24.8 Å². The number of carbonyl (C=O) groups is 3. The van der Waals surface area contributed by atoms with Crippen LogP contribution in [0, 0.1) is 11.8 Å². The van der Waals surface area contributed by atoms with Crippen molar-refractivity contribution in [3.63, 3.8) is 0 Å². The summed E-state index contributed by atoms with van der Waals surface area (Å²) in [6, 6.07) is 0. The number of ketones is 2. The van der Waals surface area contributed by atoms with Gasteiger partial charge in [0.25, 0.3) is 0 Å². The molecule has 3 aliphatic heterocycles. The summed E-state index contributed by atoms with van der Waals surface area (Å²) in [4.78, 5) is 45.0. The number of hydrogen-bond donors (Lipinski definition) is 2. The normalized spacial score (nSPS) is 27.1. The predicted octanol–water partition coefficient (Wildman–Crippen LogP) is 8.21. The molecule has 292 valence electrons. The van der Waals surface area contributed by atoms with Crippen LogP contribution in [0.15, 0.2) is 58.2 Å². The highest BCUT2D eigenvalue weighted by Crippen LogP contribution is 2.68. The molecular formula is C45H59NO8. The summed E-state index contributed by atoms with van der Waals surface area (Å²) < 4.78 is 19.6. The Balaban J connectivity index is 1.39. The molecule has 3 aliphatic carbocycles. The molecule has 0 radical (unpaired) electrons. The minimum Gasteiger partial charge on any atom is -0.507 e.